The van der Waals surface area contributed by atoms with Gasteiger partial charge in [0, 0.05) is 6.20 Å². The molecule has 8 rings (SSSR count). The lowest BCUT2D eigenvalue weighted by molar-refractivity contribution is -0.183. The van der Waals surface area contributed by atoms with Crippen molar-refractivity contribution in [2.75, 3.05) is 31.3 Å². The molecule has 4 bridgehead atoms. The number of aromatic amines is 1. The molecule has 4 aromatic rings. The van der Waals surface area contributed by atoms with Gasteiger partial charge in [-0.15, -0.1) is 0 Å². The summed E-state index contributed by atoms with van der Waals surface area (Å²) < 4.78 is 58.2. The topological polar surface area (TPSA) is 268 Å². The number of aromatic nitrogens is 7. The number of thiol groups is 1. The number of pyridine rings is 1. The van der Waals surface area contributed by atoms with Crippen molar-refractivity contribution in [1.29, 1.82) is 0 Å². The van der Waals surface area contributed by atoms with Crippen molar-refractivity contribution in [3.05, 3.63) is 35.3 Å². The Morgan fingerprint density at radius 1 is 1.07 bits per heavy atom. The molecule has 0 saturated carbocycles. The van der Waals surface area contributed by atoms with E-state index >= 15 is 0 Å². The first kappa shape index (κ1) is 30.8. The molecule has 20 nitrogen and oxygen atoms in total. The zero-order valence-electron chi connectivity index (χ0n) is 23.1. The van der Waals surface area contributed by atoms with Crippen molar-refractivity contribution >= 4 is 71.5 Å². The summed E-state index contributed by atoms with van der Waals surface area (Å²) in [6.45, 7) is -9.54. The number of hydrogen-bond acceptors (Lipinski definition) is 17. The molecular formula is C22H25N9O11P2S2. The number of nitrogen functional groups attached to an aromatic ring is 2. The fourth-order valence-electron chi connectivity index (χ4n) is 6.05. The molecule has 0 spiro atoms. The number of hydrogen-bond donors (Lipinski definition) is 6. The molecule has 8 heterocycles. The van der Waals surface area contributed by atoms with Gasteiger partial charge in [0.05, 0.1) is 38.2 Å². The molecule has 10 atom stereocenters. The fraction of sp³-hybridized carbons (Fsp3) is 0.500. The summed E-state index contributed by atoms with van der Waals surface area (Å²) in [6, 6.07) is 1.60. The third-order valence-corrected chi connectivity index (χ3v) is 11.3. The van der Waals surface area contributed by atoms with Crippen molar-refractivity contribution in [3.8, 4) is 0 Å². The minimum Gasteiger partial charge on any atom is -0.397 e. The van der Waals surface area contributed by atoms with Crippen LogP contribution in [0, 0.1) is 0 Å². The SMILES string of the molecule is Nc1nc2c(ncn2[C@@H]2O[C@@H]3COP(O)(=S)OC4[C@@H]5OC[C@]4(COP(=O)(S)O[C@H]2C3O)O[C@H]5n2cnc3c(N)ccnc32)c(=O)[nH]1. The number of fused-ring (bicyclic) bond motifs is 4. The third-order valence-electron chi connectivity index (χ3n) is 8.15. The Morgan fingerprint density at radius 2 is 1.83 bits per heavy atom. The molecule has 46 heavy (non-hydrogen) atoms. The van der Waals surface area contributed by atoms with Crippen LogP contribution in [0.1, 0.15) is 12.5 Å². The number of anilines is 2. The van der Waals surface area contributed by atoms with E-state index < -0.39 is 80.9 Å². The van der Waals surface area contributed by atoms with Crippen molar-refractivity contribution in [2.45, 2.75) is 48.6 Å². The normalized spacial score (nSPS) is 39.7. The molecule has 246 valence electrons. The minimum atomic E-state index is -4.35. The minimum absolute atomic E-state index is 0.00944. The van der Waals surface area contributed by atoms with Gasteiger partial charge in [0.2, 0.25) is 5.95 Å². The first-order valence-electron chi connectivity index (χ1n) is 13.6. The predicted octanol–water partition coefficient (Wildman–Crippen LogP) is -0.275. The quantitative estimate of drug-likeness (QED) is 0.115. The number of aliphatic hydroxyl groups excluding tert-OH is 1. The zero-order chi connectivity index (χ0) is 32.2. The lowest BCUT2D eigenvalue weighted by Crippen LogP contribution is -2.45. The average Bonchev–Trinajstić information content (AvgIpc) is 3.80. The summed E-state index contributed by atoms with van der Waals surface area (Å²) in [5.41, 5.74) is 10.8. The van der Waals surface area contributed by atoms with Crippen molar-refractivity contribution in [3.63, 3.8) is 0 Å². The Balaban J connectivity index is 1.14. The van der Waals surface area contributed by atoms with E-state index in [0.29, 0.717) is 16.9 Å². The van der Waals surface area contributed by atoms with E-state index in [1.165, 1.54) is 23.4 Å². The van der Waals surface area contributed by atoms with E-state index in [4.69, 9.17) is 55.6 Å². The Hall–Kier alpha value is -2.56. The largest absolute Gasteiger partial charge is 0.397 e. The molecule has 0 aromatic carbocycles. The van der Waals surface area contributed by atoms with Gasteiger partial charge in [0.15, 0.2) is 29.3 Å². The van der Waals surface area contributed by atoms with Gasteiger partial charge in [0.25, 0.3) is 5.56 Å². The maximum Gasteiger partial charge on any atom is 0.386 e. The summed E-state index contributed by atoms with van der Waals surface area (Å²) >= 11 is 9.53. The summed E-state index contributed by atoms with van der Waals surface area (Å²) in [5.74, 6) is -0.206. The standard InChI is InChI=1S/C22H25N9O11P2S2/c23-8-1-2-25-16-10(8)26-6-30(16)20-14-15-22(40-20,4-36-14)5-38-44(35,46)41-13-12(32)9(3-37-43(34,45)42-15)39-19(13)31-7-27-11-17(31)28-21(24)29-18(11)33/h1-2,6-7,9,12-15,19-20,32H,3-5H2,(H2,23,25)(H,34,45)(H,35,46)(H3,24,28,29,33)/t9-,12?,13+,14+,15?,19-,20-,22-,43?,44?/m1/s1. The lowest BCUT2D eigenvalue weighted by atomic mass is 10.0. The summed E-state index contributed by atoms with van der Waals surface area (Å²) in [5, 5.41) is 11.2. The second kappa shape index (κ2) is 10.7. The Kier molecular flexibility index (Phi) is 7.17. The van der Waals surface area contributed by atoms with Crippen LogP contribution < -0.4 is 17.0 Å². The average molecular weight is 718 g/mol. The van der Waals surface area contributed by atoms with Crippen LogP contribution >= 0.6 is 25.8 Å². The van der Waals surface area contributed by atoms with Crippen molar-refractivity contribution in [2.24, 2.45) is 0 Å². The number of aliphatic hydroxyl groups is 1. The van der Waals surface area contributed by atoms with E-state index in [9.17, 15) is 19.4 Å². The molecule has 0 aliphatic carbocycles. The van der Waals surface area contributed by atoms with Crippen LogP contribution in [-0.2, 0) is 48.7 Å². The van der Waals surface area contributed by atoms with E-state index in [2.05, 4.69) is 37.2 Å². The Bertz CT molecular complexity index is 2030. The van der Waals surface area contributed by atoms with Gasteiger partial charge in [-0.2, -0.15) is 4.98 Å². The molecule has 4 fully saturated rings. The zero-order valence-corrected chi connectivity index (χ0v) is 26.6. The molecule has 4 aliphatic rings. The van der Waals surface area contributed by atoms with Gasteiger partial charge in [-0.05, 0) is 17.9 Å². The number of rotatable bonds is 2. The van der Waals surface area contributed by atoms with Gasteiger partial charge in [-0.25, -0.2) is 19.5 Å². The van der Waals surface area contributed by atoms with Crippen LogP contribution in [0.5, 0.6) is 0 Å². The Morgan fingerprint density at radius 3 is 2.63 bits per heavy atom. The number of H-pyrrole nitrogens is 1. The van der Waals surface area contributed by atoms with Crippen LogP contribution in [0.15, 0.2) is 29.7 Å². The van der Waals surface area contributed by atoms with Crippen LogP contribution in [0.2, 0.25) is 0 Å². The first-order chi connectivity index (χ1) is 21.8. The van der Waals surface area contributed by atoms with Crippen molar-refractivity contribution in [1.82, 2.24) is 34.1 Å². The summed E-state index contributed by atoms with van der Waals surface area (Å²) in [6.07, 6.45) is -4.18. The summed E-state index contributed by atoms with van der Waals surface area (Å²) in [4.78, 5) is 42.8. The fourth-order valence-corrected chi connectivity index (χ4v) is 8.99. The highest BCUT2D eigenvalue weighted by molar-refractivity contribution is 8.44. The van der Waals surface area contributed by atoms with Gasteiger partial charge in [-0.3, -0.25) is 32.5 Å². The van der Waals surface area contributed by atoms with Gasteiger partial charge in [-0.1, -0.05) is 12.2 Å². The maximum absolute atomic E-state index is 13.8. The van der Waals surface area contributed by atoms with Crippen molar-refractivity contribution < 1.29 is 46.9 Å². The first-order valence-corrected chi connectivity index (χ1v) is 18.9. The summed E-state index contributed by atoms with van der Waals surface area (Å²) in [7, 11) is 0. The van der Waals surface area contributed by atoms with E-state index in [-0.39, 0.29) is 23.7 Å². The molecule has 4 aromatic heterocycles. The number of nitrogens with zero attached hydrogens (tertiary/aromatic N) is 6. The Labute approximate surface area is 267 Å². The number of nitrogens with two attached hydrogens (primary N) is 2. The highest BCUT2D eigenvalue weighted by Crippen LogP contribution is 2.61. The molecule has 0 amide bonds. The van der Waals surface area contributed by atoms with Gasteiger partial charge < -0.3 is 40.2 Å². The second-order valence-electron chi connectivity index (χ2n) is 11.0. The number of ether oxygens (including phenoxy) is 3. The molecule has 4 saturated heterocycles. The molecule has 4 unspecified atom stereocenters. The van der Waals surface area contributed by atoms with E-state index in [1.807, 2.05) is 0 Å². The third kappa shape index (κ3) is 4.91. The second-order valence-corrected chi connectivity index (χ2v) is 16.7. The van der Waals surface area contributed by atoms with Gasteiger partial charge in [0.1, 0.15) is 41.6 Å². The maximum atomic E-state index is 13.8. The number of nitrogens with one attached hydrogen (secondary N) is 1. The highest BCUT2D eigenvalue weighted by Gasteiger charge is 2.65. The van der Waals surface area contributed by atoms with E-state index in [0.717, 1.165) is 0 Å². The molecule has 24 heteroatoms. The smallest absolute Gasteiger partial charge is 0.386 e. The van der Waals surface area contributed by atoms with Crippen LogP contribution in [0.3, 0.4) is 0 Å². The lowest BCUT2D eigenvalue weighted by Gasteiger charge is -2.33. The van der Waals surface area contributed by atoms with Crippen LogP contribution in [0.4, 0.5) is 11.6 Å². The molecular weight excluding hydrogens is 692 g/mol. The molecule has 4 aliphatic heterocycles. The van der Waals surface area contributed by atoms with Crippen LogP contribution in [0.25, 0.3) is 22.3 Å². The molecule has 0 radical (unpaired) electrons. The van der Waals surface area contributed by atoms with E-state index in [1.54, 1.807) is 10.6 Å². The molecule has 7 N–H and O–H groups in total. The van der Waals surface area contributed by atoms with Gasteiger partial charge >= 0.3 is 13.5 Å². The highest BCUT2D eigenvalue weighted by atomic mass is 32.7. The predicted molar refractivity (Wildman–Crippen MR) is 162 cm³/mol. The van der Waals surface area contributed by atoms with Crippen LogP contribution in [-0.4, -0.2) is 100.0 Å². The monoisotopic (exact) mass is 717 g/mol. The number of imidazole rings is 2.